The molecule has 0 bridgehead atoms. The molecule has 3 heteroatoms. The van der Waals surface area contributed by atoms with E-state index in [0.29, 0.717) is 0 Å². The Balaban J connectivity index is 3.01. The van der Waals surface area contributed by atoms with E-state index in [9.17, 15) is 0 Å². The van der Waals surface area contributed by atoms with Crippen molar-refractivity contribution >= 4 is 0 Å². The van der Waals surface area contributed by atoms with Crippen molar-refractivity contribution in [3.8, 4) is 0 Å². The molecule has 0 aliphatic carbocycles. The van der Waals surface area contributed by atoms with Crippen LogP contribution in [0.5, 0.6) is 0 Å². The van der Waals surface area contributed by atoms with Gasteiger partial charge in [0.1, 0.15) is 7.05 Å². The van der Waals surface area contributed by atoms with Gasteiger partial charge in [0.05, 0.1) is 6.42 Å². The average Bonchev–Trinajstić information content (AvgIpc) is 2.10. The van der Waals surface area contributed by atoms with Crippen LogP contribution < -0.4 is 4.74 Å². The Hall–Kier alpha value is -0.860. The zero-order valence-corrected chi connectivity index (χ0v) is 6.01. The summed E-state index contributed by atoms with van der Waals surface area (Å²) >= 11 is 0. The van der Waals surface area contributed by atoms with Crippen molar-refractivity contribution < 1.29 is 9.26 Å². The van der Waals surface area contributed by atoms with Crippen molar-refractivity contribution in [2.45, 2.75) is 20.3 Å². The van der Waals surface area contributed by atoms with Gasteiger partial charge < -0.3 is 0 Å². The molecule has 3 nitrogen and oxygen atoms in total. The van der Waals surface area contributed by atoms with Crippen LogP contribution in [0.3, 0.4) is 0 Å². The Morgan fingerprint density at radius 3 is 2.56 bits per heavy atom. The van der Waals surface area contributed by atoms with E-state index in [-0.39, 0.29) is 0 Å². The van der Waals surface area contributed by atoms with Gasteiger partial charge in [-0.05, 0) is 4.98 Å². The smallest absolute Gasteiger partial charge is 0.259 e. The van der Waals surface area contributed by atoms with Crippen LogP contribution in [0.4, 0.5) is 0 Å². The summed E-state index contributed by atoms with van der Waals surface area (Å²) in [5.74, 6) is 1.72. The van der Waals surface area contributed by atoms with Crippen molar-refractivity contribution in [2.75, 3.05) is 0 Å². The number of hydrogen-bond donors (Lipinski definition) is 0. The molecule has 9 heavy (non-hydrogen) atoms. The van der Waals surface area contributed by atoms with Crippen LogP contribution in [-0.2, 0) is 13.5 Å². The van der Waals surface area contributed by atoms with Crippen molar-refractivity contribution in [1.82, 2.24) is 4.98 Å². The molecule has 0 atom stereocenters. The van der Waals surface area contributed by atoms with E-state index in [2.05, 4.69) is 11.9 Å². The summed E-state index contributed by atoms with van der Waals surface area (Å²) in [6, 6.07) is 0. The van der Waals surface area contributed by atoms with E-state index in [1.807, 2.05) is 14.0 Å². The van der Waals surface area contributed by atoms with Gasteiger partial charge in [-0.1, -0.05) is 11.7 Å². The lowest BCUT2D eigenvalue weighted by Crippen LogP contribution is -2.29. The number of rotatable bonds is 1. The van der Waals surface area contributed by atoms with Gasteiger partial charge >= 0.3 is 11.7 Å². The van der Waals surface area contributed by atoms with Crippen molar-refractivity contribution in [2.24, 2.45) is 7.05 Å². The molecule has 0 aromatic carbocycles. The van der Waals surface area contributed by atoms with Crippen molar-refractivity contribution in [1.29, 1.82) is 0 Å². The highest BCUT2D eigenvalue weighted by atomic mass is 16.5. The van der Waals surface area contributed by atoms with Crippen LogP contribution >= 0.6 is 0 Å². The predicted octanol–water partition coefficient (Wildman–Crippen LogP) is 0.370. The first-order valence-electron chi connectivity index (χ1n) is 3.07. The molecule has 1 rings (SSSR count). The van der Waals surface area contributed by atoms with E-state index >= 15 is 0 Å². The van der Waals surface area contributed by atoms with Crippen molar-refractivity contribution in [3.63, 3.8) is 0 Å². The summed E-state index contributed by atoms with van der Waals surface area (Å²) in [4.78, 5) is 4.12. The molecule has 0 aliphatic heterocycles. The Morgan fingerprint density at radius 2 is 2.33 bits per heavy atom. The first kappa shape index (κ1) is 6.26. The lowest BCUT2D eigenvalue weighted by atomic mass is 10.5. The third-order valence-electron chi connectivity index (χ3n) is 1.24. The van der Waals surface area contributed by atoms with E-state index in [1.54, 1.807) is 4.74 Å². The molecule has 0 aliphatic rings. The molecule has 0 spiro atoms. The highest BCUT2D eigenvalue weighted by Crippen LogP contribution is 1.90. The molecular weight excluding hydrogens is 116 g/mol. The van der Waals surface area contributed by atoms with Gasteiger partial charge in [0.2, 0.25) is 0 Å². The van der Waals surface area contributed by atoms with E-state index in [4.69, 9.17) is 4.52 Å². The van der Waals surface area contributed by atoms with Gasteiger partial charge in [0.15, 0.2) is 0 Å². The third-order valence-corrected chi connectivity index (χ3v) is 1.24. The second-order valence-corrected chi connectivity index (χ2v) is 1.99. The molecule has 0 saturated carbocycles. The summed E-state index contributed by atoms with van der Waals surface area (Å²) in [5, 5.41) is 0. The van der Waals surface area contributed by atoms with Crippen LogP contribution in [0.25, 0.3) is 0 Å². The van der Waals surface area contributed by atoms with Gasteiger partial charge in [0.25, 0.3) is 0 Å². The van der Waals surface area contributed by atoms with Crippen LogP contribution in [0.1, 0.15) is 18.6 Å². The number of aromatic nitrogens is 2. The zero-order chi connectivity index (χ0) is 6.85. The van der Waals surface area contributed by atoms with Gasteiger partial charge in [-0.2, -0.15) is 0 Å². The number of aryl methyl sites for hydroxylation is 3. The molecule has 0 amide bonds. The van der Waals surface area contributed by atoms with Crippen LogP contribution in [0.2, 0.25) is 0 Å². The summed E-state index contributed by atoms with van der Waals surface area (Å²) in [7, 11) is 1.86. The SMILES string of the molecule is CCc1nc(C)o[n+]1C. The van der Waals surface area contributed by atoms with Gasteiger partial charge in [-0.25, -0.2) is 0 Å². The first-order valence-corrected chi connectivity index (χ1v) is 3.07. The highest BCUT2D eigenvalue weighted by Gasteiger charge is 2.12. The minimum Gasteiger partial charge on any atom is -0.259 e. The van der Waals surface area contributed by atoms with Gasteiger partial charge in [0, 0.05) is 6.92 Å². The average molecular weight is 127 g/mol. The molecule has 0 saturated heterocycles. The molecule has 1 heterocycles. The largest absolute Gasteiger partial charge is 0.350 e. The lowest BCUT2D eigenvalue weighted by Gasteiger charge is -1.77. The normalized spacial score (nSPS) is 10.1. The molecule has 50 valence electrons. The summed E-state index contributed by atoms with van der Waals surface area (Å²) in [5.41, 5.74) is 0. The molecular formula is C6H11N2O+. The van der Waals surface area contributed by atoms with Crippen LogP contribution in [-0.4, -0.2) is 4.98 Å². The predicted molar refractivity (Wildman–Crippen MR) is 31.8 cm³/mol. The quantitative estimate of drug-likeness (QED) is 0.510. The monoisotopic (exact) mass is 127 g/mol. The molecule has 0 N–H and O–H groups in total. The maximum Gasteiger partial charge on any atom is 0.350 e. The fourth-order valence-corrected chi connectivity index (χ4v) is 0.825. The summed E-state index contributed by atoms with van der Waals surface area (Å²) < 4.78 is 6.80. The van der Waals surface area contributed by atoms with Crippen molar-refractivity contribution in [3.05, 3.63) is 11.7 Å². The van der Waals surface area contributed by atoms with E-state index in [0.717, 1.165) is 18.1 Å². The zero-order valence-electron chi connectivity index (χ0n) is 6.01. The first-order chi connectivity index (χ1) is 4.24. The Bertz CT molecular complexity index is 205. The fraction of sp³-hybridized carbons (Fsp3) is 0.667. The van der Waals surface area contributed by atoms with Crippen LogP contribution in [0.15, 0.2) is 4.52 Å². The summed E-state index contributed by atoms with van der Waals surface area (Å²) in [6.45, 7) is 3.90. The minimum atomic E-state index is 0.731. The summed E-state index contributed by atoms with van der Waals surface area (Å²) in [6.07, 6.45) is 0.924. The second kappa shape index (κ2) is 2.17. The second-order valence-electron chi connectivity index (χ2n) is 1.99. The Labute approximate surface area is 54.3 Å². The van der Waals surface area contributed by atoms with Gasteiger partial charge in [-0.15, -0.1) is 0 Å². The molecule has 0 fully saturated rings. The molecule has 0 radical (unpaired) electrons. The van der Waals surface area contributed by atoms with E-state index in [1.165, 1.54) is 0 Å². The fourth-order valence-electron chi connectivity index (χ4n) is 0.825. The maximum absolute atomic E-state index is 5.11. The topological polar surface area (TPSA) is 29.9 Å². The van der Waals surface area contributed by atoms with Crippen LogP contribution in [0, 0.1) is 6.92 Å². The highest BCUT2D eigenvalue weighted by molar-refractivity contribution is 4.75. The Morgan fingerprint density at radius 1 is 1.67 bits per heavy atom. The molecule has 0 unspecified atom stereocenters. The molecule has 1 aromatic heterocycles. The number of hydrogen-bond acceptors (Lipinski definition) is 2. The molecule has 1 aromatic rings. The maximum atomic E-state index is 5.11. The standard InChI is InChI=1S/C6H11N2O/c1-4-6-7-5(2)9-8(6)3/h4H2,1-3H3/q+1. The minimum absolute atomic E-state index is 0.731. The number of nitrogens with zero attached hydrogens (tertiary/aromatic N) is 2. The Kier molecular flexibility index (Phi) is 1.51. The third kappa shape index (κ3) is 1.09. The van der Waals surface area contributed by atoms with E-state index < -0.39 is 0 Å². The lowest BCUT2D eigenvalue weighted by molar-refractivity contribution is -0.851. The van der Waals surface area contributed by atoms with Gasteiger partial charge in [-0.3, -0.25) is 4.52 Å².